The van der Waals surface area contributed by atoms with Crippen LogP contribution in [0.2, 0.25) is 0 Å². The zero-order chi connectivity index (χ0) is 23.3. The van der Waals surface area contributed by atoms with Crippen LogP contribution in [0, 0.1) is 29.0 Å². The molecule has 34 heavy (non-hydrogen) atoms. The van der Waals surface area contributed by atoms with Gasteiger partial charge in [-0.05, 0) is 24.3 Å². The van der Waals surface area contributed by atoms with E-state index in [-0.39, 0.29) is 18.4 Å². The number of carbonyl (C=O) groups excluding carboxylic acids is 1. The summed E-state index contributed by atoms with van der Waals surface area (Å²) < 4.78 is 30.6. The number of pyridine rings is 1. The van der Waals surface area contributed by atoms with Gasteiger partial charge in [-0.1, -0.05) is 11.2 Å². The number of nitrogens with zero attached hydrogens (tertiary/aromatic N) is 4. The van der Waals surface area contributed by atoms with Gasteiger partial charge in [0.2, 0.25) is 0 Å². The molecule has 2 aliphatic heterocycles. The van der Waals surface area contributed by atoms with E-state index in [1.54, 1.807) is 36.5 Å². The number of carbonyl (C=O) groups is 1. The lowest BCUT2D eigenvalue weighted by atomic mass is 9.96. The Hall–Kier alpha value is -3.97. The van der Waals surface area contributed by atoms with Crippen LogP contribution in [0.15, 0.2) is 53.4 Å². The molecule has 2 aromatic heterocycles. The van der Waals surface area contributed by atoms with Crippen molar-refractivity contribution >= 4 is 17.6 Å². The van der Waals surface area contributed by atoms with Gasteiger partial charge < -0.3 is 19.3 Å². The first-order valence-electron chi connectivity index (χ1n) is 11.0. The number of nitriles is 1. The number of rotatable bonds is 6. The van der Waals surface area contributed by atoms with E-state index in [9.17, 15) is 10.1 Å². The number of benzene rings is 1. The molecule has 3 aromatic rings. The van der Waals surface area contributed by atoms with E-state index < -0.39 is 23.4 Å². The summed E-state index contributed by atoms with van der Waals surface area (Å²) in [5.74, 6) is 0.434. The molecule has 2 saturated heterocycles. The van der Waals surface area contributed by atoms with Crippen LogP contribution in [-0.4, -0.2) is 48.6 Å². The van der Waals surface area contributed by atoms with Gasteiger partial charge in [-0.3, -0.25) is 9.88 Å². The molecule has 1 saturated carbocycles. The largest absolute Gasteiger partial charge is 0.442 e. The first-order valence-corrected chi connectivity index (χ1v) is 11.0. The molecule has 10 heteroatoms. The fraction of sp³-hybridized carbons (Fsp3) is 0.333. The molecular weight excluding hydrogens is 441 g/mol. The van der Waals surface area contributed by atoms with E-state index in [1.807, 2.05) is 0 Å². The van der Waals surface area contributed by atoms with Crippen molar-refractivity contribution in [1.29, 1.82) is 5.26 Å². The molecule has 9 nitrogen and oxygen atoms in total. The van der Waals surface area contributed by atoms with Gasteiger partial charge >= 0.3 is 6.09 Å². The minimum atomic E-state index is -0.589. The van der Waals surface area contributed by atoms with Crippen LogP contribution in [0.1, 0.15) is 5.69 Å². The number of anilines is 2. The Kier molecular flexibility index (Phi) is 4.74. The van der Waals surface area contributed by atoms with Gasteiger partial charge in [-0.2, -0.15) is 5.26 Å². The molecule has 3 aliphatic rings. The van der Waals surface area contributed by atoms with Crippen LogP contribution in [0.25, 0.3) is 11.1 Å². The maximum atomic E-state index is 15.0. The van der Waals surface area contributed by atoms with Gasteiger partial charge in [0.05, 0.1) is 43.8 Å². The molecule has 1 aromatic carbocycles. The first kappa shape index (κ1) is 20.6. The monoisotopic (exact) mass is 461 g/mol. The van der Waals surface area contributed by atoms with E-state index >= 15 is 4.39 Å². The van der Waals surface area contributed by atoms with Crippen LogP contribution in [0.4, 0.5) is 20.7 Å². The summed E-state index contributed by atoms with van der Waals surface area (Å²) in [6, 6.07) is 12.3. The number of fused-ring (bicyclic) bond motifs is 1. The zero-order valence-electron chi connectivity index (χ0n) is 18.0. The third kappa shape index (κ3) is 3.20. The molecule has 0 bridgehead atoms. The molecule has 172 valence electrons. The lowest BCUT2D eigenvalue weighted by Crippen LogP contribution is -2.27. The fourth-order valence-corrected chi connectivity index (χ4v) is 5.02. The molecule has 1 amide bonds. The van der Waals surface area contributed by atoms with Crippen LogP contribution in [0.5, 0.6) is 0 Å². The standard InChI is InChI=1S/C24H20FN5O4/c25-20-7-15(30-10-16(34-23(30)31)9-28-22-5-6-33-29-22)2-3-17(20)14-1-4-21(27-8-14)24(13-26)18-11-32-12-19(18)24/h1-8,16,18-19H,9-12H2,(H,28,29)/t16-,18-,19+,24+/m0/s1. The first-order chi connectivity index (χ1) is 16.6. The van der Waals surface area contributed by atoms with Gasteiger partial charge in [0.1, 0.15) is 23.6 Å². The van der Waals surface area contributed by atoms with Crippen molar-refractivity contribution in [2.24, 2.45) is 11.8 Å². The van der Waals surface area contributed by atoms with Crippen molar-refractivity contribution in [3.05, 3.63) is 60.4 Å². The summed E-state index contributed by atoms with van der Waals surface area (Å²) in [6.45, 7) is 1.79. The molecule has 0 spiro atoms. The quantitative estimate of drug-likeness (QED) is 0.595. The fourth-order valence-electron chi connectivity index (χ4n) is 5.02. The molecule has 1 aliphatic carbocycles. The highest BCUT2D eigenvalue weighted by Gasteiger charge is 2.70. The third-order valence-electron chi connectivity index (χ3n) is 6.91. The number of hydrogen-bond acceptors (Lipinski definition) is 8. The second-order valence-electron chi connectivity index (χ2n) is 8.71. The smallest absolute Gasteiger partial charge is 0.414 e. The predicted molar refractivity (Wildman–Crippen MR) is 117 cm³/mol. The highest BCUT2D eigenvalue weighted by molar-refractivity contribution is 5.90. The maximum absolute atomic E-state index is 15.0. The summed E-state index contributed by atoms with van der Waals surface area (Å²) in [4.78, 5) is 18.2. The van der Waals surface area contributed by atoms with Crippen molar-refractivity contribution in [2.45, 2.75) is 11.5 Å². The molecule has 0 radical (unpaired) electrons. The van der Waals surface area contributed by atoms with Crippen molar-refractivity contribution in [3.63, 3.8) is 0 Å². The summed E-state index contributed by atoms with van der Waals surface area (Å²) in [5.41, 5.74) is 1.49. The molecule has 4 heterocycles. The van der Waals surface area contributed by atoms with Gasteiger partial charge in [0.25, 0.3) is 0 Å². The van der Waals surface area contributed by atoms with E-state index in [0.717, 1.165) is 0 Å². The summed E-state index contributed by atoms with van der Waals surface area (Å²) in [7, 11) is 0. The molecule has 0 unspecified atom stereocenters. The van der Waals surface area contributed by atoms with Gasteiger partial charge in [-0.25, -0.2) is 9.18 Å². The molecule has 3 fully saturated rings. The van der Waals surface area contributed by atoms with Crippen molar-refractivity contribution in [2.75, 3.05) is 36.5 Å². The van der Waals surface area contributed by atoms with Crippen LogP contribution < -0.4 is 10.2 Å². The average molecular weight is 461 g/mol. The number of nitrogens with one attached hydrogen (secondary N) is 1. The third-order valence-corrected chi connectivity index (χ3v) is 6.91. The second kappa shape index (κ2) is 7.81. The highest BCUT2D eigenvalue weighted by Crippen LogP contribution is 2.62. The zero-order valence-corrected chi connectivity index (χ0v) is 18.0. The van der Waals surface area contributed by atoms with Crippen molar-refractivity contribution in [3.8, 4) is 17.2 Å². The van der Waals surface area contributed by atoms with Gasteiger partial charge in [-0.15, -0.1) is 0 Å². The summed E-state index contributed by atoms with van der Waals surface area (Å²) in [5, 5.41) is 16.5. The lowest BCUT2D eigenvalue weighted by Gasteiger charge is -2.15. The Morgan fingerprint density at radius 3 is 2.76 bits per heavy atom. The van der Waals surface area contributed by atoms with E-state index in [4.69, 9.17) is 14.0 Å². The lowest BCUT2D eigenvalue weighted by molar-refractivity contribution is 0.147. The summed E-state index contributed by atoms with van der Waals surface area (Å²) in [6.07, 6.45) is 2.09. The SMILES string of the molecule is N#C[C@]1(c2ccc(-c3ccc(N4C[C@H](CNc5ccon5)OC4=O)cc3F)cn2)[C@@H]2COC[C@@H]21. The maximum Gasteiger partial charge on any atom is 0.414 e. The van der Waals surface area contributed by atoms with Crippen molar-refractivity contribution in [1.82, 2.24) is 10.1 Å². The second-order valence-corrected chi connectivity index (χ2v) is 8.71. The Labute approximate surface area is 194 Å². The molecular formula is C24H20FN5O4. The van der Waals surface area contributed by atoms with E-state index in [2.05, 4.69) is 21.5 Å². The Bertz CT molecular complexity index is 1260. The van der Waals surface area contributed by atoms with Gasteiger partial charge in [0.15, 0.2) is 5.82 Å². The van der Waals surface area contributed by atoms with Crippen LogP contribution in [-0.2, 0) is 14.9 Å². The minimum absolute atomic E-state index is 0.182. The minimum Gasteiger partial charge on any atom is -0.442 e. The number of amides is 1. The number of cyclic esters (lactones) is 1. The van der Waals surface area contributed by atoms with Crippen LogP contribution in [0.3, 0.4) is 0 Å². The number of halogens is 1. The molecule has 6 rings (SSSR count). The number of ether oxygens (including phenoxy) is 2. The molecule has 4 atom stereocenters. The van der Waals surface area contributed by atoms with E-state index in [1.165, 1.54) is 17.2 Å². The Balaban J connectivity index is 1.16. The van der Waals surface area contributed by atoms with Crippen molar-refractivity contribution < 1.29 is 23.2 Å². The van der Waals surface area contributed by atoms with E-state index in [0.29, 0.717) is 48.1 Å². The van der Waals surface area contributed by atoms with Crippen LogP contribution >= 0.6 is 0 Å². The topological polar surface area (TPSA) is 114 Å². The Morgan fingerprint density at radius 1 is 1.24 bits per heavy atom. The highest BCUT2D eigenvalue weighted by atomic mass is 19.1. The Morgan fingerprint density at radius 2 is 2.09 bits per heavy atom. The number of hydrogen-bond donors (Lipinski definition) is 1. The average Bonchev–Trinajstić information content (AvgIpc) is 3.38. The summed E-state index contributed by atoms with van der Waals surface area (Å²) >= 11 is 0. The predicted octanol–water partition coefficient (Wildman–Crippen LogP) is 3.35. The van der Waals surface area contributed by atoms with Gasteiger partial charge in [0, 0.05) is 35.2 Å². The number of aromatic nitrogens is 2. The normalized spacial score (nSPS) is 27.2. The molecule has 1 N–H and O–H groups in total.